The molecule has 1 aromatic carbocycles. The number of hydrogen-bond acceptors (Lipinski definition) is 6. The van der Waals surface area contributed by atoms with Crippen molar-refractivity contribution in [2.75, 3.05) is 5.43 Å². The minimum Gasteiger partial charge on any atom is -0.273 e. The van der Waals surface area contributed by atoms with E-state index in [9.17, 15) is 4.79 Å². The van der Waals surface area contributed by atoms with Gasteiger partial charge in [-0.15, -0.1) is 11.3 Å². The van der Waals surface area contributed by atoms with Crippen LogP contribution in [0.2, 0.25) is 0 Å². The number of nitrogens with zero attached hydrogens (tertiary/aromatic N) is 3. The van der Waals surface area contributed by atoms with E-state index in [2.05, 4.69) is 37.9 Å². The topological polar surface area (TPSA) is 79.8 Å². The van der Waals surface area contributed by atoms with Crippen LogP contribution in [0.25, 0.3) is 0 Å². The Hall–Kier alpha value is -2.80. The van der Waals surface area contributed by atoms with Crippen LogP contribution < -0.4 is 10.9 Å². The van der Waals surface area contributed by atoms with Crippen molar-refractivity contribution in [2.24, 2.45) is 0 Å². The molecule has 0 saturated carbocycles. The molecular formula is C18H19N5OS. The Morgan fingerprint density at radius 2 is 1.80 bits per heavy atom. The number of rotatable bonds is 6. The highest BCUT2D eigenvalue weighted by Gasteiger charge is 2.09. The van der Waals surface area contributed by atoms with E-state index < -0.39 is 0 Å². The molecule has 0 bridgehead atoms. The van der Waals surface area contributed by atoms with Crippen LogP contribution in [0.1, 0.15) is 27.7 Å². The fourth-order valence-corrected chi connectivity index (χ4v) is 3.23. The Bertz CT molecular complexity index is 843. The highest BCUT2D eigenvalue weighted by atomic mass is 32.1. The van der Waals surface area contributed by atoms with Gasteiger partial charge in [0, 0.05) is 23.2 Å². The molecule has 2 aromatic heterocycles. The third kappa shape index (κ3) is 5.09. The Kier molecular flexibility index (Phi) is 5.35. The summed E-state index contributed by atoms with van der Waals surface area (Å²) in [6, 6.07) is 12.0. The summed E-state index contributed by atoms with van der Waals surface area (Å²) in [6.45, 7) is 3.76. The fraction of sp³-hybridized carbons (Fsp3) is 0.222. The Labute approximate surface area is 150 Å². The van der Waals surface area contributed by atoms with E-state index in [1.807, 2.05) is 43.5 Å². The predicted octanol–water partition coefficient (Wildman–Crippen LogP) is 2.83. The molecule has 0 unspecified atom stereocenters. The highest BCUT2D eigenvalue weighted by molar-refractivity contribution is 7.09. The zero-order chi connectivity index (χ0) is 17.6. The van der Waals surface area contributed by atoms with E-state index in [4.69, 9.17) is 0 Å². The van der Waals surface area contributed by atoms with Crippen molar-refractivity contribution in [1.29, 1.82) is 0 Å². The maximum absolute atomic E-state index is 12.1. The number of nitrogens with one attached hydrogen (secondary N) is 2. The maximum atomic E-state index is 12.1. The van der Waals surface area contributed by atoms with Gasteiger partial charge in [-0.05, 0) is 25.5 Å². The number of anilines is 1. The van der Waals surface area contributed by atoms with Crippen molar-refractivity contribution in [3.8, 4) is 0 Å². The summed E-state index contributed by atoms with van der Waals surface area (Å²) in [4.78, 5) is 25.0. The molecule has 0 fully saturated rings. The van der Waals surface area contributed by atoms with E-state index in [0.717, 1.165) is 28.5 Å². The van der Waals surface area contributed by atoms with Crippen molar-refractivity contribution in [3.05, 3.63) is 69.4 Å². The van der Waals surface area contributed by atoms with Crippen molar-refractivity contribution in [2.45, 2.75) is 26.7 Å². The lowest BCUT2D eigenvalue weighted by molar-refractivity contribution is -0.120. The number of thiazole rings is 1. The molecular weight excluding hydrogens is 334 g/mol. The maximum Gasteiger partial charge on any atom is 0.244 e. The third-order valence-electron chi connectivity index (χ3n) is 3.44. The first-order valence-electron chi connectivity index (χ1n) is 7.93. The largest absolute Gasteiger partial charge is 0.273 e. The minimum absolute atomic E-state index is 0.181. The first-order valence-corrected chi connectivity index (χ1v) is 8.81. The van der Waals surface area contributed by atoms with Gasteiger partial charge in [0.2, 0.25) is 11.9 Å². The molecule has 128 valence electrons. The Balaban J connectivity index is 1.53. The summed E-state index contributed by atoms with van der Waals surface area (Å²) in [5.41, 5.74) is 9.01. The molecule has 7 heteroatoms. The van der Waals surface area contributed by atoms with Crippen LogP contribution in [-0.4, -0.2) is 20.9 Å². The van der Waals surface area contributed by atoms with Crippen LogP contribution in [0.4, 0.5) is 5.95 Å². The van der Waals surface area contributed by atoms with Gasteiger partial charge in [-0.1, -0.05) is 30.3 Å². The second-order valence-electron chi connectivity index (χ2n) is 5.72. The first-order chi connectivity index (χ1) is 12.1. The average molecular weight is 353 g/mol. The van der Waals surface area contributed by atoms with Gasteiger partial charge in [-0.2, -0.15) is 0 Å². The number of benzene rings is 1. The smallest absolute Gasteiger partial charge is 0.244 e. The molecule has 1 amide bonds. The zero-order valence-corrected chi connectivity index (χ0v) is 14.9. The molecule has 2 N–H and O–H groups in total. The molecule has 6 nitrogen and oxygen atoms in total. The van der Waals surface area contributed by atoms with Crippen LogP contribution in [0.3, 0.4) is 0 Å². The quantitative estimate of drug-likeness (QED) is 0.666. The molecule has 25 heavy (non-hydrogen) atoms. The Morgan fingerprint density at radius 1 is 1.08 bits per heavy atom. The zero-order valence-electron chi connectivity index (χ0n) is 14.1. The lowest BCUT2D eigenvalue weighted by atomic mass is 10.2. The van der Waals surface area contributed by atoms with E-state index >= 15 is 0 Å². The predicted molar refractivity (Wildman–Crippen MR) is 98.3 cm³/mol. The van der Waals surface area contributed by atoms with Gasteiger partial charge in [0.05, 0.1) is 17.1 Å². The van der Waals surface area contributed by atoms with Crippen molar-refractivity contribution < 1.29 is 4.79 Å². The van der Waals surface area contributed by atoms with E-state index in [1.165, 1.54) is 5.56 Å². The number of amides is 1. The van der Waals surface area contributed by atoms with Gasteiger partial charge in [-0.25, -0.2) is 15.0 Å². The summed E-state index contributed by atoms with van der Waals surface area (Å²) in [6.07, 6.45) is 0.991. The van der Waals surface area contributed by atoms with E-state index in [-0.39, 0.29) is 12.3 Å². The summed E-state index contributed by atoms with van der Waals surface area (Å²) in [7, 11) is 0. The van der Waals surface area contributed by atoms with Gasteiger partial charge in [0.15, 0.2) is 0 Å². The average Bonchev–Trinajstić information content (AvgIpc) is 3.00. The van der Waals surface area contributed by atoms with Gasteiger partial charge in [-0.3, -0.25) is 15.6 Å². The van der Waals surface area contributed by atoms with Gasteiger partial charge < -0.3 is 0 Å². The molecule has 0 atom stereocenters. The fourth-order valence-electron chi connectivity index (χ4n) is 2.40. The van der Waals surface area contributed by atoms with Crippen LogP contribution >= 0.6 is 11.3 Å². The summed E-state index contributed by atoms with van der Waals surface area (Å²) in [5.74, 6) is 0.202. The number of carbonyl (C=O) groups excluding carboxylic acids is 1. The van der Waals surface area contributed by atoms with Gasteiger partial charge >= 0.3 is 0 Å². The molecule has 0 saturated heterocycles. The van der Waals surface area contributed by atoms with Crippen LogP contribution in [0, 0.1) is 13.8 Å². The van der Waals surface area contributed by atoms with Gasteiger partial charge in [0.1, 0.15) is 0 Å². The third-order valence-corrected chi connectivity index (χ3v) is 4.33. The lowest BCUT2D eigenvalue weighted by Crippen LogP contribution is -2.31. The molecule has 0 aliphatic rings. The lowest BCUT2D eigenvalue weighted by Gasteiger charge is -2.07. The molecule has 3 rings (SSSR count). The number of hydrazine groups is 1. The van der Waals surface area contributed by atoms with Crippen molar-refractivity contribution in [3.63, 3.8) is 0 Å². The van der Waals surface area contributed by atoms with E-state index in [1.54, 1.807) is 11.3 Å². The van der Waals surface area contributed by atoms with Crippen LogP contribution in [0.5, 0.6) is 0 Å². The van der Waals surface area contributed by atoms with Crippen LogP contribution in [-0.2, 0) is 17.6 Å². The number of hydrogen-bond donors (Lipinski definition) is 2. The monoisotopic (exact) mass is 353 g/mol. The molecule has 0 radical (unpaired) electrons. The SMILES string of the molecule is Cc1cc(C)nc(NNC(=O)Cc2csc(Cc3ccccc3)n2)n1. The molecule has 3 aromatic rings. The normalized spacial score (nSPS) is 10.5. The molecule has 2 heterocycles. The standard InChI is InChI=1S/C18H19N5OS/c1-12-8-13(2)20-18(19-12)23-22-16(24)10-15-11-25-17(21-15)9-14-6-4-3-5-7-14/h3-8,11H,9-10H2,1-2H3,(H,22,24)(H,19,20,23). The van der Waals surface area contributed by atoms with E-state index in [0.29, 0.717) is 5.95 Å². The second-order valence-corrected chi connectivity index (χ2v) is 6.66. The molecule has 0 aliphatic heterocycles. The minimum atomic E-state index is -0.181. The van der Waals surface area contributed by atoms with Gasteiger partial charge in [0.25, 0.3) is 0 Å². The Morgan fingerprint density at radius 3 is 2.52 bits per heavy atom. The number of carbonyl (C=O) groups is 1. The van der Waals surface area contributed by atoms with Crippen molar-refractivity contribution in [1.82, 2.24) is 20.4 Å². The summed E-state index contributed by atoms with van der Waals surface area (Å²) < 4.78 is 0. The number of aryl methyl sites for hydroxylation is 2. The number of aromatic nitrogens is 3. The summed E-state index contributed by atoms with van der Waals surface area (Å²) in [5, 5.41) is 2.92. The summed E-state index contributed by atoms with van der Waals surface area (Å²) >= 11 is 1.57. The van der Waals surface area contributed by atoms with Crippen LogP contribution in [0.15, 0.2) is 41.8 Å². The highest BCUT2D eigenvalue weighted by Crippen LogP contribution is 2.15. The first kappa shape index (κ1) is 17.0. The second kappa shape index (κ2) is 7.85. The molecule has 0 spiro atoms. The molecule has 0 aliphatic carbocycles. The van der Waals surface area contributed by atoms with Crippen molar-refractivity contribution >= 4 is 23.2 Å².